The second kappa shape index (κ2) is 21.0. The Morgan fingerprint density at radius 1 is 0.768 bits per heavy atom. The molecule has 0 bridgehead atoms. The number of benzene rings is 4. The molecule has 0 radical (unpaired) electrons. The van der Waals surface area contributed by atoms with Crippen LogP contribution in [0, 0.1) is 0 Å². The van der Waals surface area contributed by atoms with Gasteiger partial charge in [-0.1, -0.05) is 48.5 Å². The summed E-state index contributed by atoms with van der Waals surface area (Å²) in [7, 11) is 5.22. The van der Waals surface area contributed by atoms with Gasteiger partial charge in [0.05, 0.1) is 60.6 Å². The molecule has 4 unspecified atom stereocenters. The minimum atomic E-state index is -0.471. The molecule has 4 atom stereocenters. The minimum Gasteiger partial charge on any atom is -0.493 e. The van der Waals surface area contributed by atoms with Crippen molar-refractivity contribution in [3.8, 4) is 11.5 Å². The molecular weight excluding hydrogens is 875 g/mol. The Morgan fingerprint density at radius 3 is 2.32 bits per heavy atom. The number of fused-ring (bicyclic) bond motifs is 8. The van der Waals surface area contributed by atoms with Gasteiger partial charge in [-0.2, -0.15) is 5.10 Å². The zero-order valence-corrected chi connectivity index (χ0v) is 39.4. The van der Waals surface area contributed by atoms with E-state index in [1.807, 2.05) is 89.0 Å². The van der Waals surface area contributed by atoms with Gasteiger partial charge in [0.1, 0.15) is 18.0 Å². The maximum Gasteiger partial charge on any atom is 0.261 e. The number of hydrogen-bond donors (Lipinski definition) is 1. The number of methoxy groups -OCH3 is 2. The molecule has 15 nitrogen and oxygen atoms in total. The predicted octanol–water partition coefficient (Wildman–Crippen LogP) is 7.51. The smallest absolute Gasteiger partial charge is 0.261 e. The number of hydrogen-bond acceptors (Lipinski definition) is 12. The van der Waals surface area contributed by atoms with Crippen molar-refractivity contribution in [2.75, 3.05) is 55.7 Å². The molecule has 69 heavy (non-hydrogen) atoms. The van der Waals surface area contributed by atoms with Gasteiger partial charge in [-0.3, -0.25) is 34.2 Å². The Morgan fingerprint density at radius 2 is 1.52 bits per heavy atom. The number of carbonyl (C=O) groups is 4. The van der Waals surface area contributed by atoms with Gasteiger partial charge in [-0.25, -0.2) is 5.43 Å². The van der Waals surface area contributed by atoms with Gasteiger partial charge in [0.15, 0.2) is 11.5 Å². The topological polar surface area (TPSA) is 164 Å². The highest BCUT2D eigenvalue weighted by Crippen LogP contribution is 2.42. The van der Waals surface area contributed by atoms with Gasteiger partial charge in [-0.15, -0.1) is 0 Å². The molecule has 4 aromatic carbocycles. The number of nitrogens with one attached hydrogen (secondary N) is 1. The number of rotatable bonds is 19. The fourth-order valence-electron chi connectivity index (χ4n) is 9.49. The van der Waals surface area contributed by atoms with Crippen LogP contribution in [0.25, 0.3) is 0 Å². The molecule has 15 heteroatoms. The van der Waals surface area contributed by atoms with Crippen molar-refractivity contribution >= 4 is 64.4 Å². The third-order valence-electron chi connectivity index (χ3n) is 13.2. The first-order valence-corrected chi connectivity index (χ1v) is 23.6. The molecule has 5 aliphatic rings. The first-order valence-electron chi connectivity index (χ1n) is 23.6. The molecule has 1 N–H and O–H groups in total. The van der Waals surface area contributed by atoms with E-state index in [-0.39, 0.29) is 48.4 Å². The van der Waals surface area contributed by atoms with Gasteiger partial charge >= 0.3 is 0 Å². The van der Waals surface area contributed by atoms with Crippen LogP contribution >= 0.6 is 0 Å². The van der Waals surface area contributed by atoms with Crippen molar-refractivity contribution in [2.45, 2.75) is 82.6 Å². The molecule has 0 saturated heterocycles. The standard InChI is InChI=1S/C54H57N7O8/c1-34(62)18-21-52(63)58-57-43(35-13-6-5-7-14-35)16-10-11-22-59(2)38-19-20-47-37(26-38)27-40-33-56-45-31-51(49(67-4)29-42(45)54(65)61(40)47)69-24-12-23-68-50-30-44-41(28-48(50)66-3)53(64)60-39(32-55-44)25-36-15-8-9-17-46(36)60/h5-9,13-15,17,19-20,26,28-33,39-40,48,50H,10-12,16,18,21-25,27H2,1-4H3,(H,58,63). The van der Waals surface area contributed by atoms with Gasteiger partial charge in [0.2, 0.25) is 5.91 Å². The molecule has 4 heterocycles. The van der Waals surface area contributed by atoms with Crippen molar-refractivity contribution in [1.29, 1.82) is 0 Å². The Bertz CT molecular complexity index is 2780. The number of ether oxygens (including phenoxy) is 4. The lowest BCUT2D eigenvalue weighted by atomic mass is 9.98. The van der Waals surface area contributed by atoms with Crippen LogP contribution in [0.2, 0.25) is 0 Å². The van der Waals surface area contributed by atoms with Gasteiger partial charge in [0, 0.05) is 88.4 Å². The van der Waals surface area contributed by atoms with E-state index in [0.717, 1.165) is 65.3 Å². The van der Waals surface area contributed by atoms with Crippen LogP contribution in [0.5, 0.6) is 11.5 Å². The minimum absolute atomic E-state index is 0.0325. The zero-order chi connectivity index (χ0) is 48.0. The number of hydrazone groups is 1. The molecule has 3 amide bonds. The SMILES string of the molecule is COc1cc2c(cc1OCCCOC1C=C3N=CC4Cc5ccccc5N4C(=O)C3=CC1OC)N=CC1Cc3cc(N(C)CCCCC(=NNC(=O)CCC(C)=O)c4ccccc4)ccc3N1C2=O. The molecular formula is C54H57N7O8. The first kappa shape index (κ1) is 46.9. The van der Waals surface area contributed by atoms with E-state index in [1.54, 1.807) is 26.4 Å². The lowest BCUT2D eigenvalue weighted by molar-refractivity contribution is -0.124. The molecule has 4 aromatic rings. The first-order chi connectivity index (χ1) is 33.6. The number of aliphatic imine (C=N–C) groups is 2. The summed E-state index contributed by atoms with van der Waals surface area (Å²) < 4.78 is 24.0. The maximum atomic E-state index is 14.3. The Balaban J connectivity index is 0.781. The normalized spacial score (nSPS) is 19.8. The monoisotopic (exact) mass is 931 g/mol. The summed E-state index contributed by atoms with van der Waals surface area (Å²) in [6, 6.07) is 27.1. The van der Waals surface area contributed by atoms with Crippen LogP contribution in [0.3, 0.4) is 0 Å². The van der Waals surface area contributed by atoms with Crippen molar-refractivity contribution in [3.05, 3.63) is 131 Å². The van der Waals surface area contributed by atoms with Crippen molar-refractivity contribution in [3.63, 3.8) is 0 Å². The summed E-state index contributed by atoms with van der Waals surface area (Å²) in [6.45, 7) is 2.93. The molecule has 0 spiro atoms. The van der Waals surface area contributed by atoms with Gasteiger partial charge in [-0.05, 0) is 85.4 Å². The maximum absolute atomic E-state index is 14.3. The highest BCUT2D eigenvalue weighted by Gasteiger charge is 2.40. The average Bonchev–Trinajstić information content (AvgIpc) is 3.85. The van der Waals surface area contributed by atoms with Crippen LogP contribution in [-0.4, -0.2) is 107 Å². The number of carbonyl (C=O) groups excluding carboxylic acids is 4. The quantitative estimate of drug-likeness (QED) is 0.0570. The third kappa shape index (κ3) is 10.2. The Kier molecular flexibility index (Phi) is 14.2. The summed E-state index contributed by atoms with van der Waals surface area (Å²) in [5.74, 6) is 0.339. The van der Waals surface area contributed by atoms with Gasteiger partial charge in [0.25, 0.3) is 11.8 Å². The lowest BCUT2D eigenvalue weighted by Crippen LogP contribution is -2.40. The summed E-state index contributed by atoms with van der Waals surface area (Å²) >= 11 is 0. The van der Waals surface area contributed by atoms with Gasteiger partial charge < -0.3 is 28.6 Å². The number of para-hydroxylation sites is 1. The number of unbranched alkanes of at least 4 members (excludes halogenated alkanes) is 1. The summed E-state index contributed by atoms with van der Waals surface area (Å²) in [5.41, 5.74) is 11.4. The highest BCUT2D eigenvalue weighted by molar-refractivity contribution is 6.15. The zero-order valence-electron chi connectivity index (χ0n) is 39.4. The van der Waals surface area contributed by atoms with E-state index in [1.165, 1.54) is 6.92 Å². The van der Waals surface area contributed by atoms with Crippen LogP contribution in [0.4, 0.5) is 22.7 Å². The number of amides is 3. The predicted molar refractivity (Wildman–Crippen MR) is 267 cm³/mol. The van der Waals surface area contributed by atoms with E-state index < -0.39 is 12.2 Å². The number of nitrogens with zero attached hydrogens (tertiary/aromatic N) is 6. The molecule has 1 aliphatic carbocycles. The third-order valence-corrected chi connectivity index (χ3v) is 13.2. The van der Waals surface area contributed by atoms with E-state index >= 15 is 0 Å². The molecule has 0 fully saturated rings. The van der Waals surface area contributed by atoms with E-state index in [9.17, 15) is 19.2 Å². The largest absolute Gasteiger partial charge is 0.493 e. The molecule has 9 rings (SSSR count). The molecule has 0 saturated carbocycles. The second-order valence-corrected chi connectivity index (χ2v) is 17.8. The number of anilines is 3. The Hall–Kier alpha value is -7.23. The molecule has 0 aromatic heterocycles. The summed E-state index contributed by atoms with van der Waals surface area (Å²) in [4.78, 5) is 67.2. The van der Waals surface area contributed by atoms with Crippen LogP contribution in [0.1, 0.15) is 72.5 Å². The molecule has 4 aliphatic heterocycles. The second-order valence-electron chi connectivity index (χ2n) is 17.8. The van der Waals surface area contributed by atoms with Crippen molar-refractivity contribution < 1.29 is 38.1 Å². The lowest BCUT2D eigenvalue weighted by Gasteiger charge is -2.28. The highest BCUT2D eigenvalue weighted by atomic mass is 16.5. The average molecular weight is 932 g/mol. The Labute approximate surface area is 402 Å². The number of Topliss-reactive ketones (excluding diaryl/α,β-unsaturated/α-hetero) is 1. The summed E-state index contributed by atoms with van der Waals surface area (Å²) in [6.07, 6.45) is 11.1. The van der Waals surface area contributed by atoms with E-state index in [4.69, 9.17) is 28.9 Å². The van der Waals surface area contributed by atoms with Crippen LogP contribution in [-0.2, 0) is 36.7 Å². The summed E-state index contributed by atoms with van der Waals surface area (Å²) in [5, 5.41) is 4.43. The fraction of sp³-hybridized carbons (Fsp3) is 0.352. The van der Waals surface area contributed by atoms with Crippen LogP contribution < -0.4 is 29.6 Å². The van der Waals surface area contributed by atoms with E-state index in [0.29, 0.717) is 66.5 Å². The van der Waals surface area contributed by atoms with Crippen molar-refractivity contribution in [1.82, 2.24) is 5.43 Å². The number of ketones is 1. The fourth-order valence-corrected chi connectivity index (χ4v) is 9.49. The van der Waals surface area contributed by atoms with E-state index in [2.05, 4.69) is 40.7 Å². The van der Waals surface area contributed by atoms with Crippen LogP contribution in [0.15, 0.2) is 123 Å². The molecule has 356 valence electrons. The van der Waals surface area contributed by atoms with Crippen molar-refractivity contribution in [2.24, 2.45) is 15.1 Å².